The largest absolute Gasteiger partial charge is 0.497 e. The van der Waals surface area contributed by atoms with E-state index in [-0.39, 0.29) is 28.2 Å². The lowest BCUT2D eigenvalue weighted by Gasteiger charge is -2.20. The molecule has 0 spiro atoms. The number of hydrogen-bond acceptors (Lipinski definition) is 5. The molecule has 9 heteroatoms. The second kappa shape index (κ2) is 9.95. The van der Waals surface area contributed by atoms with Gasteiger partial charge in [0.05, 0.1) is 22.7 Å². The predicted molar refractivity (Wildman–Crippen MR) is 131 cm³/mol. The number of rotatable bonds is 8. The lowest BCUT2D eigenvalue weighted by Crippen LogP contribution is -2.31. The molecular formula is C25H25ClN2O5S. The van der Waals surface area contributed by atoms with Crippen molar-refractivity contribution in [3.05, 3.63) is 82.9 Å². The number of benzene rings is 3. The molecule has 0 unspecified atom stereocenters. The number of ether oxygens (including phenoxy) is 2. The van der Waals surface area contributed by atoms with Crippen molar-refractivity contribution in [2.45, 2.75) is 17.9 Å². The normalized spacial score (nSPS) is 12.9. The molecular weight excluding hydrogens is 476 g/mol. The highest BCUT2D eigenvalue weighted by molar-refractivity contribution is 7.92. The van der Waals surface area contributed by atoms with Gasteiger partial charge in [0.15, 0.2) is 6.61 Å². The molecule has 0 saturated heterocycles. The molecule has 0 radical (unpaired) electrons. The van der Waals surface area contributed by atoms with Crippen LogP contribution in [-0.4, -0.2) is 46.5 Å². The number of likely N-dealkylation sites (N-methyl/N-ethyl adjacent to an activating group) is 1. The molecule has 0 N–H and O–H groups in total. The lowest BCUT2D eigenvalue weighted by atomic mass is 10.2. The average molecular weight is 501 g/mol. The van der Waals surface area contributed by atoms with Gasteiger partial charge in [-0.25, -0.2) is 8.42 Å². The number of para-hydroxylation sites is 1. The van der Waals surface area contributed by atoms with Gasteiger partial charge in [-0.2, -0.15) is 0 Å². The molecule has 3 aromatic rings. The summed E-state index contributed by atoms with van der Waals surface area (Å²) in [6, 6.07) is 19.2. The van der Waals surface area contributed by atoms with Crippen LogP contribution in [0.2, 0.25) is 5.02 Å². The van der Waals surface area contributed by atoms with Gasteiger partial charge in [0.25, 0.3) is 15.9 Å². The van der Waals surface area contributed by atoms with Crippen molar-refractivity contribution >= 4 is 33.2 Å². The molecule has 0 atom stereocenters. The van der Waals surface area contributed by atoms with Crippen molar-refractivity contribution in [1.29, 1.82) is 0 Å². The summed E-state index contributed by atoms with van der Waals surface area (Å²) in [4.78, 5) is 14.1. The first-order valence-corrected chi connectivity index (χ1v) is 12.5. The van der Waals surface area contributed by atoms with Gasteiger partial charge < -0.3 is 14.4 Å². The van der Waals surface area contributed by atoms with Crippen LogP contribution < -0.4 is 13.8 Å². The highest BCUT2D eigenvalue weighted by Gasteiger charge is 2.31. The average Bonchev–Trinajstić information content (AvgIpc) is 3.28. The van der Waals surface area contributed by atoms with Crippen LogP contribution in [0.1, 0.15) is 11.1 Å². The highest BCUT2D eigenvalue weighted by atomic mass is 35.5. The number of carbonyl (C=O) groups excluding carboxylic acids is 1. The summed E-state index contributed by atoms with van der Waals surface area (Å²) in [5, 5.41) is 0.124. The second-order valence-electron chi connectivity index (χ2n) is 7.93. The van der Waals surface area contributed by atoms with Crippen LogP contribution in [0.25, 0.3) is 0 Å². The Balaban J connectivity index is 1.40. The van der Waals surface area contributed by atoms with Crippen LogP contribution in [0, 0.1) is 0 Å². The molecule has 1 aliphatic heterocycles. The lowest BCUT2D eigenvalue weighted by molar-refractivity contribution is -0.132. The summed E-state index contributed by atoms with van der Waals surface area (Å²) in [6.07, 6.45) is 0.663. The van der Waals surface area contributed by atoms with E-state index in [0.29, 0.717) is 25.2 Å². The fourth-order valence-electron chi connectivity index (χ4n) is 3.79. The maximum Gasteiger partial charge on any atom is 0.264 e. The minimum atomic E-state index is -3.77. The van der Waals surface area contributed by atoms with Crippen molar-refractivity contribution in [3.63, 3.8) is 0 Å². The number of carbonyl (C=O) groups is 1. The Morgan fingerprint density at radius 1 is 1.09 bits per heavy atom. The van der Waals surface area contributed by atoms with Gasteiger partial charge in [0.1, 0.15) is 11.5 Å². The molecule has 1 heterocycles. The molecule has 7 nitrogen and oxygen atoms in total. The number of halogens is 1. The predicted octanol–water partition coefficient (Wildman–Crippen LogP) is 4.14. The van der Waals surface area contributed by atoms with E-state index in [4.69, 9.17) is 21.1 Å². The van der Waals surface area contributed by atoms with Crippen LogP contribution in [-0.2, 0) is 27.8 Å². The molecule has 0 aliphatic carbocycles. The Hall–Kier alpha value is -3.23. The van der Waals surface area contributed by atoms with Crippen molar-refractivity contribution in [2.24, 2.45) is 0 Å². The summed E-state index contributed by atoms with van der Waals surface area (Å²) in [5.74, 6) is 0.751. The summed E-state index contributed by atoms with van der Waals surface area (Å²) in [5.41, 5.74) is 2.63. The van der Waals surface area contributed by atoms with Gasteiger partial charge >= 0.3 is 0 Å². The summed E-state index contributed by atoms with van der Waals surface area (Å²) in [7, 11) is -0.487. The molecule has 1 aliphatic rings. The van der Waals surface area contributed by atoms with Crippen LogP contribution in [0.3, 0.4) is 0 Å². The fourth-order valence-corrected chi connectivity index (χ4v) is 5.62. The number of hydrogen-bond donors (Lipinski definition) is 0. The molecule has 4 rings (SSSR count). The van der Waals surface area contributed by atoms with Crippen molar-refractivity contribution in [3.8, 4) is 11.5 Å². The molecule has 0 saturated carbocycles. The van der Waals surface area contributed by atoms with Crippen molar-refractivity contribution in [1.82, 2.24) is 4.90 Å². The third kappa shape index (κ3) is 4.98. The van der Waals surface area contributed by atoms with E-state index < -0.39 is 10.0 Å². The SMILES string of the molecule is COc1ccc(CN(C)C(=O)COc2ccc(S(=O)(=O)N3CCc4ccccc43)cc2Cl)cc1. The maximum absolute atomic E-state index is 13.2. The standard InChI is InChI=1S/C25H25ClN2O5S/c1-27(16-18-7-9-20(32-2)10-8-18)25(29)17-33-24-12-11-21(15-22(24)26)34(30,31)28-14-13-19-5-3-4-6-23(19)28/h3-12,15H,13-14,16-17H2,1-2H3. The van der Waals surface area contributed by atoms with Gasteiger partial charge in [-0.3, -0.25) is 9.10 Å². The Morgan fingerprint density at radius 3 is 2.53 bits per heavy atom. The number of nitrogens with zero attached hydrogens (tertiary/aromatic N) is 2. The molecule has 34 heavy (non-hydrogen) atoms. The second-order valence-corrected chi connectivity index (χ2v) is 10.2. The Labute approximate surface area is 204 Å². The third-order valence-corrected chi connectivity index (χ3v) is 7.80. The fraction of sp³-hybridized carbons (Fsp3) is 0.240. The van der Waals surface area contributed by atoms with Crippen molar-refractivity contribution < 1.29 is 22.7 Å². The Kier molecular flexibility index (Phi) is 7.00. The van der Waals surface area contributed by atoms with Crippen LogP contribution >= 0.6 is 11.6 Å². The first kappa shape index (κ1) is 23.9. The summed E-state index contributed by atoms with van der Waals surface area (Å²) < 4.78 is 38.5. The van der Waals surface area contributed by atoms with E-state index in [0.717, 1.165) is 16.9 Å². The highest BCUT2D eigenvalue weighted by Crippen LogP contribution is 2.35. The number of amides is 1. The smallest absolute Gasteiger partial charge is 0.264 e. The molecule has 0 aromatic heterocycles. The minimum Gasteiger partial charge on any atom is -0.497 e. The zero-order valence-electron chi connectivity index (χ0n) is 18.9. The van der Waals surface area contributed by atoms with E-state index in [2.05, 4.69) is 0 Å². The molecule has 3 aromatic carbocycles. The maximum atomic E-state index is 13.2. The van der Waals surface area contributed by atoms with Gasteiger partial charge in [-0.15, -0.1) is 0 Å². The number of anilines is 1. The molecule has 0 bridgehead atoms. The summed E-state index contributed by atoms with van der Waals surface area (Å²) >= 11 is 6.32. The van der Waals surface area contributed by atoms with Gasteiger partial charge in [0, 0.05) is 20.1 Å². The van der Waals surface area contributed by atoms with E-state index in [1.165, 1.54) is 22.5 Å². The quantitative estimate of drug-likeness (QED) is 0.464. The zero-order chi connectivity index (χ0) is 24.3. The Morgan fingerprint density at radius 2 is 1.82 bits per heavy atom. The minimum absolute atomic E-state index is 0.0736. The summed E-state index contributed by atoms with van der Waals surface area (Å²) in [6.45, 7) is 0.568. The van der Waals surface area contributed by atoms with E-state index in [1.807, 2.05) is 42.5 Å². The topological polar surface area (TPSA) is 76.1 Å². The van der Waals surface area contributed by atoms with Gasteiger partial charge in [-0.05, 0) is 53.9 Å². The zero-order valence-corrected chi connectivity index (χ0v) is 20.5. The third-order valence-electron chi connectivity index (χ3n) is 5.69. The van der Waals surface area contributed by atoms with E-state index in [1.54, 1.807) is 25.1 Å². The first-order chi connectivity index (χ1) is 16.3. The van der Waals surface area contributed by atoms with E-state index in [9.17, 15) is 13.2 Å². The number of fused-ring (bicyclic) bond motifs is 1. The molecule has 178 valence electrons. The van der Waals surface area contributed by atoms with Crippen LogP contribution in [0.5, 0.6) is 11.5 Å². The van der Waals surface area contributed by atoms with E-state index >= 15 is 0 Å². The van der Waals surface area contributed by atoms with Gasteiger partial charge in [-0.1, -0.05) is 41.9 Å². The van der Waals surface area contributed by atoms with Gasteiger partial charge in [0.2, 0.25) is 0 Å². The monoisotopic (exact) mass is 500 g/mol. The number of methoxy groups -OCH3 is 1. The first-order valence-electron chi connectivity index (χ1n) is 10.7. The van der Waals surface area contributed by atoms with Crippen LogP contribution in [0.4, 0.5) is 5.69 Å². The number of sulfonamides is 1. The molecule has 0 fully saturated rings. The van der Waals surface area contributed by atoms with Crippen LogP contribution in [0.15, 0.2) is 71.6 Å². The molecule has 1 amide bonds. The Bertz CT molecular complexity index is 1290. The van der Waals surface area contributed by atoms with Crippen molar-refractivity contribution in [2.75, 3.05) is 31.6 Å².